The summed E-state index contributed by atoms with van der Waals surface area (Å²) < 4.78 is 74.2. The second-order valence-electron chi connectivity index (χ2n) is 3.52. The first kappa shape index (κ1) is 15.8. The predicted molar refractivity (Wildman–Crippen MR) is 57.3 cm³/mol. The highest BCUT2D eigenvalue weighted by Crippen LogP contribution is 2.42. The predicted octanol–water partition coefficient (Wildman–Crippen LogP) is 4.15. The van der Waals surface area contributed by atoms with Gasteiger partial charge in [0.25, 0.3) is 0 Å². The van der Waals surface area contributed by atoms with E-state index in [0.29, 0.717) is 4.47 Å². The van der Waals surface area contributed by atoms with E-state index in [9.17, 15) is 31.4 Å². The summed E-state index contributed by atoms with van der Waals surface area (Å²) in [7, 11) is 0. The Balaban J connectivity index is 2.91. The Morgan fingerprint density at radius 3 is 2.00 bits per heavy atom. The molecule has 1 N–H and O–H groups in total. The summed E-state index contributed by atoms with van der Waals surface area (Å²) in [6.07, 6.45) is -14.3. The highest BCUT2D eigenvalue weighted by molar-refractivity contribution is 9.10. The van der Waals surface area contributed by atoms with Crippen molar-refractivity contribution in [1.82, 2.24) is 0 Å². The Hall–Kier alpha value is -0.280. The van der Waals surface area contributed by atoms with Gasteiger partial charge >= 0.3 is 12.4 Å². The molecule has 1 heterocycles. The van der Waals surface area contributed by atoms with Gasteiger partial charge in [-0.05, 0) is 27.4 Å². The monoisotopic (exact) mass is 356 g/mol. The van der Waals surface area contributed by atoms with Crippen LogP contribution in [0.2, 0.25) is 0 Å². The van der Waals surface area contributed by atoms with Crippen molar-refractivity contribution >= 4 is 27.3 Å². The lowest BCUT2D eigenvalue weighted by atomic mass is 9.98. The van der Waals surface area contributed by atoms with E-state index < -0.39 is 30.8 Å². The summed E-state index contributed by atoms with van der Waals surface area (Å²) in [5, 5.41) is 10.7. The van der Waals surface area contributed by atoms with Gasteiger partial charge < -0.3 is 5.11 Å². The second-order valence-corrected chi connectivity index (χ2v) is 5.38. The molecule has 0 radical (unpaired) electrons. The maximum Gasteiger partial charge on any atom is 0.403 e. The van der Waals surface area contributed by atoms with Crippen LogP contribution >= 0.6 is 27.3 Å². The molecule has 1 unspecified atom stereocenters. The van der Waals surface area contributed by atoms with Crippen molar-refractivity contribution in [3.05, 3.63) is 20.8 Å². The van der Waals surface area contributed by atoms with E-state index in [4.69, 9.17) is 0 Å². The van der Waals surface area contributed by atoms with Crippen molar-refractivity contribution in [2.75, 3.05) is 0 Å². The summed E-state index contributed by atoms with van der Waals surface area (Å²) >= 11 is 3.96. The Morgan fingerprint density at radius 2 is 1.67 bits per heavy atom. The Labute approximate surface area is 111 Å². The molecule has 18 heavy (non-hydrogen) atoms. The number of thiophene rings is 1. The van der Waals surface area contributed by atoms with Crippen LogP contribution in [0.5, 0.6) is 0 Å². The average Bonchev–Trinajstić information content (AvgIpc) is 2.45. The maximum absolute atomic E-state index is 12.3. The van der Waals surface area contributed by atoms with Crippen LogP contribution in [0.25, 0.3) is 0 Å². The number of alkyl halides is 6. The van der Waals surface area contributed by atoms with Gasteiger partial charge in [-0.1, -0.05) is 0 Å². The van der Waals surface area contributed by atoms with Crippen molar-refractivity contribution in [3.63, 3.8) is 0 Å². The zero-order valence-electron chi connectivity index (χ0n) is 8.52. The van der Waals surface area contributed by atoms with E-state index >= 15 is 0 Å². The Morgan fingerprint density at radius 1 is 1.17 bits per heavy atom. The molecule has 0 saturated heterocycles. The molecule has 0 aliphatic heterocycles. The summed E-state index contributed by atoms with van der Waals surface area (Å²) in [5.74, 6) is -3.74. The smallest absolute Gasteiger partial charge is 0.392 e. The van der Waals surface area contributed by atoms with Gasteiger partial charge in [-0.25, -0.2) is 0 Å². The van der Waals surface area contributed by atoms with Gasteiger partial charge in [0.15, 0.2) is 5.92 Å². The molecule has 0 aliphatic rings. The standard InChI is InChI=1S/C9H7BrF6OS/c10-4-1-2-18-6(4)3-5(17)7(8(11,12)13)9(14,15)16/h1-2,5,7,17H,3H2. The molecule has 0 saturated carbocycles. The average molecular weight is 357 g/mol. The van der Waals surface area contributed by atoms with Gasteiger partial charge in [-0.3, -0.25) is 0 Å². The van der Waals surface area contributed by atoms with E-state index in [2.05, 4.69) is 15.9 Å². The van der Waals surface area contributed by atoms with Crippen LogP contribution in [0.4, 0.5) is 26.3 Å². The SMILES string of the molecule is OC(Cc1sccc1Br)C(C(F)(F)F)C(F)(F)F. The molecule has 0 bridgehead atoms. The van der Waals surface area contributed by atoms with Crippen LogP contribution in [-0.2, 0) is 6.42 Å². The largest absolute Gasteiger partial charge is 0.403 e. The first-order valence-electron chi connectivity index (χ1n) is 4.57. The van der Waals surface area contributed by atoms with Crippen LogP contribution in [0.1, 0.15) is 4.88 Å². The maximum atomic E-state index is 12.3. The van der Waals surface area contributed by atoms with Gasteiger partial charge in [0.1, 0.15) is 0 Å². The highest BCUT2D eigenvalue weighted by Gasteiger charge is 2.60. The molecule has 0 aromatic carbocycles. The molecular formula is C9H7BrF6OS. The van der Waals surface area contributed by atoms with Crippen LogP contribution in [-0.4, -0.2) is 23.6 Å². The number of hydrogen-bond donors (Lipinski definition) is 1. The number of aliphatic hydroxyl groups excluding tert-OH is 1. The first-order chi connectivity index (χ1) is 8.03. The minimum absolute atomic E-state index is 0.237. The molecule has 1 aromatic rings. The quantitative estimate of drug-likeness (QED) is 0.806. The zero-order valence-corrected chi connectivity index (χ0v) is 10.9. The number of aliphatic hydroxyl groups is 1. The normalized spacial score (nSPS) is 15.2. The third-order valence-electron chi connectivity index (χ3n) is 2.18. The van der Waals surface area contributed by atoms with E-state index in [1.165, 1.54) is 11.4 Å². The molecule has 0 fully saturated rings. The number of hydrogen-bond acceptors (Lipinski definition) is 2. The lowest BCUT2D eigenvalue weighted by molar-refractivity contribution is -0.305. The molecular weight excluding hydrogens is 350 g/mol. The lowest BCUT2D eigenvalue weighted by Gasteiger charge is -2.27. The van der Waals surface area contributed by atoms with Crippen LogP contribution in [0, 0.1) is 5.92 Å². The molecule has 1 atom stereocenters. The fourth-order valence-electron chi connectivity index (χ4n) is 1.40. The summed E-state index contributed by atoms with van der Waals surface area (Å²) in [4.78, 5) is 0.237. The molecule has 0 amide bonds. The fourth-order valence-corrected chi connectivity index (χ4v) is 2.97. The van der Waals surface area contributed by atoms with E-state index in [1.807, 2.05) is 0 Å². The highest BCUT2D eigenvalue weighted by atomic mass is 79.9. The van der Waals surface area contributed by atoms with Gasteiger partial charge in [0.2, 0.25) is 0 Å². The van der Waals surface area contributed by atoms with Gasteiger partial charge in [-0.2, -0.15) is 26.3 Å². The third-order valence-corrected chi connectivity index (χ3v) is 4.12. The molecule has 9 heteroatoms. The van der Waals surface area contributed by atoms with Gasteiger partial charge in [-0.15, -0.1) is 11.3 Å². The molecule has 104 valence electrons. The van der Waals surface area contributed by atoms with Crippen molar-refractivity contribution < 1.29 is 31.4 Å². The van der Waals surface area contributed by atoms with Crippen LogP contribution in [0.15, 0.2) is 15.9 Å². The fraction of sp³-hybridized carbons (Fsp3) is 0.556. The van der Waals surface area contributed by atoms with Gasteiger partial charge in [0, 0.05) is 15.8 Å². The summed E-state index contributed by atoms with van der Waals surface area (Å²) in [6.45, 7) is 0. The van der Waals surface area contributed by atoms with Crippen molar-refractivity contribution in [3.8, 4) is 0 Å². The van der Waals surface area contributed by atoms with E-state index in [0.717, 1.165) is 11.3 Å². The first-order valence-corrected chi connectivity index (χ1v) is 6.24. The molecule has 1 nitrogen and oxygen atoms in total. The Bertz CT molecular complexity index is 384. The number of rotatable bonds is 3. The molecule has 0 aliphatic carbocycles. The zero-order chi connectivity index (χ0) is 14.1. The van der Waals surface area contributed by atoms with E-state index in [1.54, 1.807) is 0 Å². The summed E-state index contributed by atoms with van der Waals surface area (Å²) in [6, 6.07) is 1.49. The van der Waals surface area contributed by atoms with Crippen molar-refractivity contribution in [2.24, 2.45) is 5.92 Å². The molecule has 1 aromatic heterocycles. The minimum Gasteiger partial charge on any atom is -0.392 e. The van der Waals surface area contributed by atoms with E-state index in [-0.39, 0.29) is 4.88 Å². The Kier molecular flexibility index (Phi) is 4.71. The van der Waals surface area contributed by atoms with Crippen LogP contribution in [0.3, 0.4) is 0 Å². The lowest BCUT2D eigenvalue weighted by Crippen LogP contribution is -2.45. The second kappa shape index (κ2) is 5.38. The summed E-state index contributed by atoms with van der Waals surface area (Å²) in [5.41, 5.74) is 0. The molecule has 0 spiro atoms. The van der Waals surface area contributed by atoms with Gasteiger partial charge in [0.05, 0.1) is 6.10 Å². The van der Waals surface area contributed by atoms with Crippen molar-refractivity contribution in [2.45, 2.75) is 24.9 Å². The topological polar surface area (TPSA) is 20.2 Å². The number of halogens is 7. The third kappa shape index (κ3) is 3.86. The molecule has 1 rings (SSSR count). The van der Waals surface area contributed by atoms with Crippen molar-refractivity contribution in [1.29, 1.82) is 0 Å². The van der Waals surface area contributed by atoms with Crippen LogP contribution < -0.4 is 0 Å². The minimum atomic E-state index is -5.53.